The average molecular weight is 469 g/mol. The van der Waals surface area contributed by atoms with Crippen LogP contribution in [0.2, 0.25) is 19.6 Å². The van der Waals surface area contributed by atoms with Gasteiger partial charge in [0.05, 0.1) is 0 Å². The van der Waals surface area contributed by atoms with Gasteiger partial charge in [-0.2, -0.15) is 0 Å². The van der Waals surface area contributed by atoms with Crippen molar-refractivity contribution in [2.24, 2.45) is 0 Å². The third kappa shape index (κ3) is 3.13. The van der Waals surface area contributed by atoms with E-state index in [-0.39, 0.29) is 5.92 Å². The van der Waals surface area contributed by atoms with Gasteiger partial charge in [-0.25, -0.2) is 0 Å². The highest BCUT2D eigenvalue weighted by Gasteiger charge is 2.52. The molecule has 4 aromatic carbocycles. The number of hydrogen-bond acceptors (Lipinski definition) is 0. The molecule has 7 rings (SSSR count). The molecule has 3 aliphatic rings. The van der Waals surface area contributed by atoms with Crippen LogP contribution in [-0.4, -0.2) is 8.07 Å². The van der Waals surface area contributed by atoms with E-state index in [0.29, 0.717) is 0 Å². The first kappa shape index (κ1) is 22.1. The van der Waals surface area contributed by atoms with E-state index < -0.39 is 13.5 Å². The standard InChI is InChI=1S/C34H32Si/c1-22-20-23(2)31(24(3)21-22)27-14-11-15-28-32-25-12-7-9-16-29(25)34(33(27)28,18-19-35(4,5)6)30-17-10-8-13-26(30)32/h7-17,20-21,32H,1-6H3. The highest BCUT2D eigenvalue weighted by atomic mass is 28.3. The highest BCUT2D eigenvalue weighted by Crippen LogP contribution is 2.61. The fourth-order valence-electron chi connectivity index (χ4n) is 6.62. The van der Waals surface area contributed by atoms with Crippen molar-refractivity contribution in [1.82, 2.24) is 0 Å². The van der Waals surface area contributed by atoms with E-state index in [9.17, 15) is 0 Å². The van der Waals surface area contributed by atoms with Crippen LogP contribution >= 0.6 is 0 Å². The van der Waals surface area contributed by atoms with Crippen molar-refractivity contribution in [3.05, 3.63) is 129 Å². The van der Waals surface area contributed by atoms with Gasteiger partial charge < -0.3 is 0 Å². The third-order valence-electron chi connectivity index (χ3n) is 7.71. The zero-order valence-corrected chi connectivity index (χ0v) is 22.6. The Balaban J connectivity index is 1.81. The molecule has 0 unspecified atom stereocenters. The summed E-state index contributed by atoms with van der Waals surface area (Å²) in [5.41, 5.74) is 18.5. The van der Waals surface area contributed by atoms with E-state index in [1.165, 1.54) is 61.2 Å². The minimum atomic E-state index is -1.64. The molecule has 0 fully saturated rings. The zero-order chi connectivity index (χ0) is 24.5. The molecule has 0 N–H and O–H groups in total. The van der Waals surface area contributed by atoms with E-state index in [1.54, 1.807) is 0 Å². The van der Waals surface area contributed by atoms with Crippen molar-refractivity contribution >= 4 is 8.07 Å². The summed E-state index contributed by atoms with van der Waals surface area (Å²) in [5.74, 6) is 4.25. The van der Waals surface area contributed by atoms with Gasteiger partial charge in [-0.05, 0) is 76.4 Å². The molecule has 0 amide bonds. The molecule has 2 bridgehead atoms. The first-order valence-corrected chi connectivity index (χ1v) is 16.2. The Labute approximate surface area is 211 Å². The molecule has 1 heteroatoms. The maximum atomic E-state index is 4.00. The first-order valence-electron chi connectivity index (χ1n) is 12.7. The molecule has 0 saturated heterocycles. The molecule has 0 heterocycles. The minimum Gasteiger partial charge on any atom is -0.130 e. The second-order valence-corrected chi connectivity index (χ2v) is 16.2. The Morgan fingerprint density at radius 2 is 1.23 bits per heavy atom. The lowest BCUT2D eigenvalue weighted by atomic mass is 9.52. The second kappa shape index (κ2) is 7.58. The quantitative estimate of drug-likeness (QED) is 0.195. The lowest BCUT2D eigenvalue weighted by Crippen LogP contribution is -2.42. The highest BCUT2D eigenvalue weighted by molar-refractivity contribution is 6.83. The summed E-state index contributed by atoms with van der Waals surface area (Å²) in [5, 5.41) is 0. The normalized spacial score (nSPS) is 19.3. The number of hydrogen-bond donors (Lipinski definition) is 0. The van der Waals surface area contributed by atoms with Crippen molar-refractivity contribution in [3.63, 3.8) is 0 Å². The van der Waals surface area contributed by atoms with Crippen molar-refractivity contribution in [1.29, 1.82) is 0 Å². The van der Waals surface area contributed by atoms with E-state index in [0.717, 1.165) is 0 Å². The van der Waals surface area contributed by atoms with Crippen molar-refractivity contribution < 1.29 is 0 Å². The summed E-state index contributed by atoms with van der Waals surface area (Å²) >= 11 is 0. The molecule has 35 heavy (non-hydrogen) atoms. The van der Waals surface area contributed by atoms with Gasteiger partial charge in [-0.3, -0.25) is 0 Å². The lowest BCUT2D eigenvalue weighted by molar-refractivity contribution is 0.668. The molecular formula is C34H32Si. The van der Waals surface area contributed by atoms with Gasteiger partial charge >= 0.3 is 0 Å². The molecule has 0 nitrogen and oxygen atoms in total. The Hall–Kier alpha value is -3.34. The number of benzene rings is 4. The molecule has 172 valence electrons. The molecule has 3 aliphatic carbocycles. The van der Waals surface area contributed by atoms with Gasteiger partial charge in [-0.1, -0.05) is 110 Å². The first-order chi connectivity index (χ1) is 16.7. The molecule has 0 aliphatic heterocycles. The second-order valence-electron chi connectivity index (χ2n) is 11.4. The van der Waals surface area contributed by atoms with Crippen LogP contribution in [-0.2, 0) is 5.41 Å². The SMILES string of the molecule is Cc1cc(C)c(-c2cccc3c2C2(C#C[Si](C)(C)C)c4ccccc4C3c3ccccc32)c(C)c1. The van der Waals surface area contributed by atoms with E-state index in [2.05, 4.69) is 131 Å². The zero-order valence-electron chi connectivity index (χ0n) is 21.6. The Bertz CT molecular complexity index is 1500. The van der Waals surface area contributed by atoms with Crippen LogP contribution in [0.5, 0.6) is 0 Å². The van der Waals surface area contributed by atoms with Gasteiger partial charge in [0.15, 0.2) is 0 Å². The average Bonchev–Trinajstić information content (AvgIpc) is 2.82. The van der Waals surface area contributed by atoms with Crippen LogP contribution in [0.3, 0.4) is 0 Å². The van der Waals surface area contributed by atoms with E-state index in [4.69, 9.17) is 0 Å². The molecule has 4 aromatic rings. The maximum absolute atomic E-state index is 4.00. The van der Waals surface area contributed by atoms with Crippen LogP contribution in [0.1, 0.15) is 56.0 Å². The topological polar surface area (TPSA) is 0 Å². The van der Waals surface area contributed by atoms with Crippen molar-refractivity contribution in [3.8, 4) is 22.6 Å². The van der Waals surface area contributed by atoms with Gasteiger partial charge in [0.1, 0.15) is 13.5 Å². The molecule has 0 atom stereocenters. The van der Waals surface area contributed by atoms with Crippen molar-refractivity contribution in [2.75, 3.05) is 0 Å². The molecule has 0 spiro atoms. The molecule has 0 aromatic heterocycles. The van der Waals surface area contributed by atoms with Crippen LogP contribution < -0.4 is 0 Å². The Morgan fingerprint density at radius 1 is 0.686 bits per heavy atom. The fourth-order valence-corrected chi connectivity index (χ4v) is 7.18. The fraction of sp³-hybridized carbons (Fsp3) is 0.235. The van der Waals surface area contributed by atoms with Crippen molar-refractivity contribution in [2.45, 2.75) is 51.7 Å². The van der Waals surface area contributed by atoms with Crippen LogP contribution in [0.15, 0.2) is 78.9 Å². The van der Waals surface area contributed by atoms with E-state index >= 15 is 0 Å². The molecule has 0 radical (unpaired) electrons. The van der Waals surface area contributed by atoms with Gasteiger partial charge in [0, 0.05) is 5.92 Å². The monoisotopic (exact) mass is 468 g/mol. The van der Waals surface area contributed by atoms with Gasteiger partial charge in [0.2, 0.25) is 0 Å². The summed E-state index contributed by atoms with van der Waals surface area (Å²) in [6, 6.07) is 29.7. The summed E-state index contributed by atoms with van der Waals surface area (Å²) in [6.45, 7) is 13.8. The van der Waals surface area contributed by atoms with Crippen LogP contribution in [0.4, 0.5) is 0 Å². The predicted octanol–water partition coefficient (Wildman–Crippen LogP) is 8.30. The summed E-state index contributed by atoms with van der Waals surface area (Å²) in [7, 11) is -1.64. The number of aryl methyl sites for hydroxylation is 3. The lowest BCUT2D eigenvalue weighted by Gasteiger charge is -2.49. The third-order valence-corrected chi connectivity index (χ3v) is 8.58. The number of rotatable bonds is 1. The Kier molecular flexibility index (Phi) is 4.79. The minimum absolute atomic E-state index is 0.249. The summed E-state index contributed by atoms with van der Waals surface area (Å²) in [6.07, 6.45) is 0. The molecule has 0 saturated carbocycles. The van der Waals surface area contributed by atoms with Gasteiger partial charge in [0.25, 0.3) is 0 Å². The van der Waals surface area contributed by atoms with Crippen LogP contribution in [0, 0.1) is 32.2 Å². The molecular weight excluding hydrogens is 436 g/mol. The maximum Gasteiger partial charge on any atom is 0.129 e. The predicted molar refractivity (Wildman–Crippen MR) is 151 cm³/mol. The van der Waals surface area contributed by atoms with Gasteiger partial charge in [-0.15, -0.1) is 5.54 Å². The smallest absolute Gasteiger partial charge is 0.129 e. The Morgan fingerprint density at radius 3 is 1.80 bits per heavy atom. The summed E-state index contributed by atoms with van der Waals surface area (Å²) in [4.78, 5) is 0. The van der Waals surface area contributed by atoms with Crippen LogP contribution in [0.25, 0.3) is 11.1 Å². The van der Waals surface area contributed by atoms with E-state index in [1.807, 2.05) is 0 Å². The largest absolute Gasteiger partial charge is 0.130 e. The summed E-state index contributed by atoms with van der Waals surface area (Å²) < 4.78 is 0.